The molecule has 0 heterocycles. The number of carbonyl (C=O) groups excluding carboxylic acids is 1. The first kappa shape index (κ1) is 18.7. The van der Waals surface area contributed by atoms with Crippen molar-refractivity contribution < 1.29 is 23.1 Å². The van der Waals surface area contributed by atoms with Gasteiger partial charge in [-0.15, -0.1) is 0 Å². The summed E-state index contributed by atoms with van der Waals surface area (Å²) in [7, 11) is -3.82. The maximum absolute atomic E-state index is 12.5. The van der Waals surface area contributed by atoms with Crippen LogP contribution in [-0.4, -0.2) is 25.3 Å². The summed E-state index contributed by atoms with van der Waals surface area (Å²) in [5.74, 6) is -1.27. The predicted octanol–water partition coefficient (Wildman–Crippen LogP) is 3.23. The highest BCUT2D eigenvalue weighted by atomic mass is 32.2. The Balaban J connectivity index is 2.21. The molecule has 25 heavy (non-hydrogen) atoms. The van der Waals surface area contributed by atoms with Gasteiger partial charge in [-0.25, -0.2) is 8.42 Å². The normalized spacial score (nSPS) is 11.1. The van der Waals surface area contributed by atoms with Crippen LogP contribution in [0.15, 0.2) is 53.4 Å². The molecule has 0 saturated heterocycles. The summed E-state index contributed by atoms with van der Waals surface area (Å²) in [6.07, 6.45) is 0.131. The van der Waals surface area contributed by atoms with Crippen molar-refractivity contribution in [1.82, 2.24) is 0 Å². The van der Waals surface area contributed by atoms with Gasteiger partial charge in [-0.05, 0) is 37.6 Å². The minimum atomic E-state index is -3.82. The molecule has 0 aromatic heterocycles. The van der Waals surface area contributed by atoms with Crippen molar-refractivity contribution in [1.29, 1.82) is 0 Å². The van der Waals surface area contributed by atoms with Crippen LogP contribution in [0.5, 0.6) is 0 Å². The lowest BCUT2D eigenvalue weighted by atomic mass is 10.0. The summed E-state index contributed by atoms with van der Waals surface area (Å²) >= 11 is 0. The number of carbonyl (C=O) groups is 2. The number of benzene rings is 2. The molecule has 0 atom stereocenters. The third kappa shape index (κ3) is 5.15. The van der Waals surface area contributed by atoms with Crippen molar-refractivity contribution in [3.63, 3.8) is 0 Å². The maximum atomic E-state index is 12.5. The average molecular weight is 361 g/mol. The number of carboxylic acid groups (broad SMARTS) is 1. The second kappa shape index (κ2) is 7.94. The summed E-state index contributed by atoms with van der Waals surface area (Å²) in [5, 5.41) is 8.65. The van der Waals surface area contributed by atoms with E-state index in [1.54, 1.807) is 24.3 Å². The Hall–Kier alpha value is -2.67. The highest BCUT2D eigenvalue weighted by Crippen LogP contribution is 2.22. The first-order valence-corrected chi connectivity index (χ1v) is 9.21. The number of Topliss-reactive ketones (excluding diaryl/α,β-unsaturated/α-hetero) is 1. The van der Waals surface area contributed by atoms with Gasteiger partial charge in [0.25, 0.3) is 10.0 Å². The molecule has 0 fully saturated rings. The molecular weight excluding hydrogens is 342 g/mol. The molecule has 2 aromatic carbocycles. The zero-order valence-corrected chi connectivity index (χ0v) is 14.5. The first-order chi connectivity index (χ1) is 11.8. The Morgan fingerprint density at radius 3 is 2.28 bits per heavy atom. The van der Waals surface area contributed by atoms with Gasteiger partial charge >= 0.3 is 5.97 Å². The Morgan fingerprint density at radius 2 is 1.64 bits per heavy atom. The van der Waals surface area contributed by atoms with Gasteiger partial charge in [0.15, 0.2) is 5.78 Å². The van der Waals surface area contributed by atoms with E-state index >= 15 is 0 Å². The Kier molecular flexibility index (Phi) is 5.93. The molecule has 2 rings (SSSR count). The number of nitrogens with one attached hydrogen (secondary N) is 1. The van der Waals surface area contributed by atoms with Crippen molar-refractivity contribution in [2.45, 2.75) is 31.1 Å². The molecular formula is C18H19NO5S. The molecule has 0 radical (unpaired) electrons. The third-order valence-electron chi connectivity index (χ3n) is 3.60. The number of aryl methyl sites for hydroxylation is 1. The number of sulfonamides is 1. The fourth-order valence-electron chi connectivity index (χ4n) is 2.27. The number of anilines is 1. The molecule has 0 amide bonds. The molecule has 2 aromatic rings. The Labute approximate surface area is 146 Å². The van der Waals surface area contributed by atoms with Crippen LogP contribution < -0.4 is 4.72 Å². The van der Waals surface area contributed by atoms with Crippen LogP contribution in [0.25, 0.3) is 0 Å². The number of aliphatic carboxylic acids is 1. The van der Waals surface area contributed by atoms with Gasteiger partial charge in [0.05, 0.1) is 10.6 Å². The van der Waals surface area contributed by atoms with Crippen LogP contribution in [0.1, 0.15) is 35.2 Å². The van der Waals surface area contributed by atoms with Gasteiger partial charge in [0.2, 0.25) is 0 Å². The van der Waals surface area contributed by atoms with Gasteiger partial charge in [0, 0.05) is 18.4 Å². The van der Waals surface area contributed by atoms with E-state index in [4.69, 9.17) is 5.11 Å². The van der Waals surface area contributed by atoms with E-state index in [0.717, 1.165) is 5.56 Å². The van der Waals surface area contributed by atoms with Crippen LogP contribution >= 0.6 is 0 Å². The van der Waals surface area contributed by atoms with E-state index in [1.165, 1.54) is 24.3 Å². The minimum Gasteiger partial charge on any atom is -0.481 e. The molecule has 0 unspecified atom stereocenters. The topological polar surface area (TPSA) is 101 Å². The summed E-state index contributed by atoms with van der Waals surface area (Å²) in [4.78, 5) is 22.9. The van der Waals surface area contributed by atoms with Gasteiger partial charge in [-0.1, -0.05) is 29.8 Å². The molecule has 6 nitrogen and oxygen atoms in total. The lowest BCUT2D eigenvalue weighted by Gasteiger charge is -2.12. The smallest absolute Gasteiger partial charge is 0.303 e. The zero-order chi connectivity index (χ0) is 18.4. The fraction of sp³-hybridized carbons (Fsp3) is 0.222. The number of rotatable bonds is 8. The Bertz CT molecular complexity index is 873. The predicted molar refractivity (Wildman–Crippen MR) is 94.2 cm³/mol. The molecule has 0 saturated carbocycles. The number of para-hydroxylation sites is 1. The van der Waals surface area contributed by atoms with Crippen LogP contribution in [0.2, 0.25) is 0 Å². The first-order valence-electron chi connectivity index (χ1n) is 7.73. The molecule has 7 heteroatoms. The molecule has 2 N–H and O–H groups in total. The molecule has 0 aliphatic carbocycles. The highest BCUT2D eigenvalue weighted by Gasteiger charge is 2.18. The second-order valence-corrected chi connectivity index (χ2v) is 7.32. The summed E-state index contributed by atoms with van der Waals surface area (Å²) in [6.45, 7) is 1.86. The van der Waals surface area contributed by atoms with E-state index in [0.29, 0.717) is 0 Å². The van der Waals surface area contributed by atoms with E-state index in [1.807, 2.05) is 6.92 Å². The number of ketones is 1. The van der Waals surface area contributed by atoms with Crippen molar-refractivity contribution in [2.75, 3.05) is 4.72 Å². The van der Waals surface area contributed by atoms with E-state index in [2.05, 4.69) is 4.72 Å². The third-order valence-corrected chi connectivity index (χ3v) is 4.98. The molecule has 0 aliphatic rings. The average Bonchev–Trinajstić information content (AvgIpc) is 2.55. The van der Waals surface area contributed by atoms with Crippen molar-refractivity contribution in [2.24, 2.45) is 0 Å². The van der Waals surface area contributed by atoms with E-state index < -0.39 is 16.0 Å². The van der Waals surface area contributed by atoms with Crippen molar-refractivity contribution in [3.8, 4) is 0 Å². The SMILES string of the molecule is Cc1ccc(S(=O)(=O)Nc2ccccc2C(=O)CCCC(=O)O)cc1. The minimum absolute atomic E-state index is 0.0373. The van der Waals surface area contributed by atoms with Crippen LogP contribution in [0, 0.1) is 6.92 Å². The molecule has 0 aliphatic heterocycles. The lowest BCUT2D eigenvalue weighted by molar-refractivity contribution is -0.137. The number of carboxylic acids is 1. The molecule has 0 spiro atoms. The quantitative estimate of drug-likeness (QED) is 0.703. The van der Waals surface area contributed by atoms with Gasteiger partial charge in [-0.2, -0.15) is 0 Å². The summed E-state index contributed by atoms with van der Waals surface area (Å²) in [5.41, 5.74) is 1.35. The maximum Gasteiger partial charge on any atom is 0.303 e. The molecule has 0 bridgehead atoms. The van der Waals surface area contributed by atoms with Crippen LogP contribution in [-0.2, 0) is 14.8 Å². The summed E-state index contributed by atoms with van der Waals surface area (Å²) in [6, 6.07) is 12.7. The van der Waals surface area contributed by atoms with E-state index in [9.17, 15) is 18.0 Å². The lowest BCUT2D eigenvalue weighted by Crippen LogP contribution is -2.15. The van der Waals surface area contributed by atoms with Gasteiger partial charge < -0.3 is 5.11 Å². The van der Waals surface area contributed by atoms with Gasteiger partial charge in [0.1, 0.15) is 0 Å². The van der Waals surface area contributed by atoms with E-state index in [-0.39, 0.29) is 41.2 Å². The fourth-order valence-corrected chi connectivity index (χ4v) is 3.35. The van der Waals surface area contributed by atoms with Crippen molar-refractivity contribution in [3.05, 3.63) is 59.7 Å². The number of hydrogen-bond donors (Lipinski definition) is 2. The standard InChI is InChI=1S/C18H19NO5S/c1-13-9-11-14(12-10-13)25(23,24)19-16-6-3-2-5-15(16)17(20)7-4-8-18(21)22/h2-3,5-6,9-12,19H,4,7-8H2,1H3,(H,21,22). The Morgan fingerprint density at radius 1 is 1.00 bits per heavy atom. The van der Waals surface area contributed by atoms with Crippen LogP contribution in [0.3, 0.4) is 0 Å². The van der Waals surface area contributed by atoms with Gasteiger partial charge in [-0.3, -0.25) is 14.3 Å². The monoisotopic (exact) mass is 361 g/mol. The molecule has 132 valence electrons. The second-order valence-electron chi connectivity index (χ2n) is 5.63. The zero-order valence-electron chi connectivity index (χ0n) is 13.7. The highest BCUT2D eigenvalue weighted by molar-refractivity contribution is 7.92. The largest absolute Gasteiger partial charge is 0.481 e. The summed E-state index contributed by atoms with van der Waals surface area (Å²) < 4.78 is 27.4. The number of hydrogen-bond acceptors (Lipinski definition) is 4. The van der Waals surface area contributed by atoms with Crippen LogP contribution in [0.4, 0.5) is 5.69 Å². The van der Waals surface area contributed by atoms with Crippen molar-refractivity contribution >= 4 is 27.5 Å².